The van der Waals surface area contributed by atoms with Gasteiger partial charge in [-0.2, -0.15) is 0 Å². The minimum atomic E-state index is -4.13. The van der Waals surface area contributed by atoms with Crippen LogP contribution in [0.3, 0.4) is 0 Å². The average Bonchev–Trinajstić information content (AvgIpc) is 3.52. The van der Waals surface area contributed by atoms with Crippen molar-refractivity contribution in [3.05, 3.63) is 47.7 Å². The number of furan rings is 1. The number of nitrogens with zero attached hydrogens (tertiary/aromatic N) is 1. The minimum absolute atomic E-state index is 0.0216. The van der Waals surface area contributed by atoms with Crippen LogP contribution in [0.4, 0.5) is 5.82 Å². The van der Waals surface area contributed by atoms with Crippen molar-refractivity contribution in [1.82, 2.24) is 5.16 Å². The van der Waals surface area contributed by atoms with Gasteiger partial charge in [-0.1, -0.05) is 11.2 Å². The lowest BCUT2D eigenvalue weighted by Crippen LogP contribution is -2.15. The molecule has 10 heteroatoms. The number of hydrogen-bond donors (Lipinski definition) is 1. The van der Waals surface area contributed by atoms with Crippen LogP contribution in [0, 0.1) is 6.92 Å². The third-order valence-electron chi connectivity index (χ3n) is 5.31. The average molecular weight is 456 g/mol. The molecule has 166 valence electrons. The highest BCUT2D eigenvalue weighted by Crippen LogP contribution is 2.45. The third-order valence-corrected chi connectivity index (χ3v) is 6.71. The molecule has 1 aliphatic rings. The summed E-state index contributed by atoms with van der Waals surface area (Å²) in [6.07, 6.45) is 0.651. The Morgan fingerprint density at radius 3 is 2.50 bits per heavy atom. The zero-order valence-corrected chi connectivity index (χ0v) is 18.4. The molecule has 0 saturated carbocycles. The molecule has 0 radical (unpaired) electrons. The normalized spacial score (nSPS) is 13.1. The van der Waals surface area contributed by atoms with Gasteiger partial charge in [-0.3, -0.25) is 4.72 Å². The maximum absolute atomic E-state index is 13.3. The smallest absolute Gasteiger partial charge is 0.270 e. The number of benzene rings is 2. The van der Waals surface area contributed by atoms with Gasteiger partial charge in [0.25, 0.3) is 10.0 Å². The van der Waals surface area contributed by atoms with Crippen LogP contribution < -0.4 is 18.9 Å². The second-order valence-electron chi connectivity index (χ2n) is 7.24. The standard InChI is InChI=1S/C22H20N2O7S/c1-12-7-8-15(30-12)14-11-18-19(20-13(14)9-10-29-20)22(23-31-18)24-32(25,26)21-16(27-2)5-4-6-17(21)28-3/h4-8,11H,9-10H2,1-3H3,(H,23,24). The molecule has 9 nitrogen and oxygen atoms in total. The van der Waals surface area contributed by atoms with E-state index in [1.165, 1.54) is 26.4 Å². The largest absolute Gasteiger partial charge is 0.495 e. The van der Waals surface area contributed by atoms with Crippen molar-refractivity contribution in [1.29, 1.82) is 0 Å². The summed E-state index contributed by atoms with van der Waals surface area (Å²) in [6.45, 7) is 2.32. The van der Waals surface area contributed by atoms with Gasteiger partial charge >= 0.3 is 0 Å². The van der Waals surface area contributed by atoms with Gasteiger partial charge in [0.15, 0.2) is 16.3 Å². The van der Waals surface area contributed by atoms with Crippen molar-refractivity contribution in [2.75, 3.05) is 25.5 Å². The number of ether oxygens (including phenoxy) is 3. The number of fused-ring (bicyclic) bond motifs is 3. The van der Waals surface area contributed by atoms with Gasteiger partial charge in [0.05, 0.1) is 20.8 Å². The van der Waals surface area contributed by atoms with E-state index in [2.05, 4.69) is 9.88 Å². The summed E-state index contributed by atoms with van der Waals surface area (Å²) >= 11 is 0. The van der Waals surface area contributed by atoms with E-state index in [-0.39, 0.29) is 22.2 Å². The highest BCUT2D eigenvalue weighted by Gasteiger charge is 2.31. The summed E-state index contributed by atoms with van der Waals surface area (Å²) in [6, 6.07) is 10.3. The molecular formula is C22H20N2O7S. The van der Waals surface area contributed by atoms with E-state index in [0.717, 1.165) is 16.9 Å². The van der Waals surface area contributed by atoms with Crippen LogP contribution in [0.2, 0.25) is 0 Å². The first-order valence-electron chi connectivity index (χ1n) is 9.81. The number of methoxy groups -OCH3 is 2. The molecule has 0 aliphatic carbocycles. The number of sulfonamides is 1. The number of aromatic nitrogens is 1. The predicted molar refractivity (Wildman–Crippen MR) is 116 cm³/mol. The molecule has 0 fully saturated rings. The van der Waals surface area contributed by atoms with Crippen LogP contribution in [0.1, 0.15) is 11.3 Å². The van der Waals surface area contributed by atoms with Crippen LogP contribution in [0.25, 0.3) is 22.3 Å². The van der Waals surface area contributed by atoms with Gasteiger partial charge in [0.1, 0.15) is 34.2 Å². The summed E-state index contributed by atoms with van der Waals surface area (Å²) in [5.74, 6) is 2.29. The topological polar surface area (TPSA) is 113 Å². The molecular weight excluding hydrogens is 436 g/mol. The molecule has 4 aromatic rings. The van der Waals surface area contributed by atoms with Gasteiger partial charge in [-0.05, 0) is 37.3 Å². The van der Waals surface area contributed by atoms with Crippen molar-refractivity contribution in [2.45, 2.75) is 18.2 Å². The molecule has 32 heavy (non-hydrogen) atoms. The summed E-state index contributed by atoms with van der Waals surface area (Å²) in [4.78, 5) is -0.138. The van der Waals surface area contributed by atoms with E-state index in [0.29, 0.717) is 35.5 Å². The lowest BCUT2D eigenvalue weighted by atomic mass is 10.0. The Bertz CT molecular complexity index is 1410. The molecule has 0 bridgehead atoms. The van der Waals surface area contributed by atoms with E-state index < -0.39 is 10.0 Å². The van der Waals surface area contributed by atoms with Crippen LogP contribution in [-0.2, 0) is 16.4 Å². The molecule has 2 aromatic carbocycles. The predicted octanol–water partition coefficient (Wildman–Crippen LogP) is 4.15. The van der Waals surface area contributed by atoms with Crippen molar-refractivity contribution >= 4 is 26.8 Å². The van der Waals surface area contributed by atoms with Gasteiger partial charge < -0.3 is 23.2 Å². The number of hydrogen-bond acceptors (Lipinski definition) is 8. The Labute approximate surface area is 183 Å². The van der Waals surface area contributed by atoms with Crippen LogP contribution in [0.5, 0.6) is 17.2 Å². The maximum Gasteiger partial charge on any atom is 0.270 e. The van der Waals surface area contributed by atoms with E-state index in [1.807, 2.05) is 19.1 Å². The SMILES string of the molecule is COc1cccc(OC)c1S(=O)(=O)Nc1noc2cc(-c3ccc(C)o3)c3c(c12)OCC3. The fourth-order valence-electron chi connectivity index (χ4n) is 3.90. The molecule has 1 N–H and O–H groups in total. The number of rotatable bonds is 6. The van der Waals surface area contributed by atoms with Gasteiger partial charge in [0, 0.05) is 17.5 Å². The summed E-state index contributed by atoms with van der Waals surface area (Å²) in [7, 11) is -1.36. The zero-order chi connectivity index (χ0) is 22.5. The molecule has 5 rings (SSSR count). The lowest BCUT2D eigenvalue weighted by molar-refractivity contribution is 0.360. The Balaban J connectivity index is 1.64. The summed E-state index contributed by atoms with van der Waals surface area (Å²) in [5, 5.41) is 4.42. The molecule has 0 atom stereocenters. The number of aryl methyl sites for hydroxylation is 1. The second kappa shape index (κ2) is 7.49. The van der Waals surface area contributed by atoms with Crippen molar-refractivity contribution in [3.8, 4) is 28.6 Å². The van der Waals surface area contributed by atoms with Crippen molar-refractivity contribution in [3.63, 3.8) is 0 Å². The molecule has 3 heterocycles. The quantitative estimate of drug-likeness (QED) is 0.460. The van der Waals surface area contributed by atoms with E-state index in [9.17, 15) is 8.42 Å². The maximum atomic E-state index is 13.3. The van der Waals surface area contributed by atoms with Gasteiger partial charge in [-0.25, -0.2) is 8.42 Å². The first kappa shape index (κ1) is 20.3. The van der Waals surface area contributed by atoms with Crippen molar-refractivity contribution in [2.24, 2.45) is 0 Å². The monoisotopic (exact) mass is 456 g/mol. The fraction of sp³-hybridized carbons (Fsp3) is 0.227. The molecule has 0 spiro atoms. The second-order valence-corrected chi connectivity index (χ2v) is 8.86. The Kier molecular flexibility index (Phi) is 4.74. The van der Waals surface area contributed by atoms with Crippen LogP contribution in [0.15, 0.2) is 50.2 Å². The molecule has 0 amide bonds. The lowest BCUT2D eigenvalue weighted by Gasteiger charge is -2.14. The van der Waals surface area contributed by atoms with Gasteiger partial charge in [0.2, 0.25) is 0 Å². The van der Waals surface area contributed by atoms with E-state index in [4.69, 9.17) is 23.2 Å². The van der Waals surface area contributed by atoms with Crippen LogP contribution in [-0.4, -0.2) is 34.4 Å². The minimum Gasteiger partial charge on any atom is -0.495 e. The molecule has 1 aliphatic heterocycles. The fourth-order valence-corrected chi connectivity index (χ4v) is 5.23. The summed E-state index contributed by atoms with van der Waals surface area (Å²) < 4.78 is 56.7. The van der Waals surface area contributed by atoms with E-state index >= 15 is 0 Å². The van der Waals surface area contributed by atoms with Gasteiger partial charge in [-0.15, -0.1) is 0 Å². The zero-order valence-electron chi connectivity index (χ0n) is 17.6. The Morgan fingerprint density at radius 1 is 1.09 bits per heavy atom. The molecule has 0 saturated heterocycles. The third kappa shape index (κ3) is 3.14. The van der Waals surface area contributed by atoms with E-state index in [1.54, 1.807) is 12.1 Å². The number of anilines is 1. The first-order chi connectivity index (χ1) is 15.4. The van der Waals surface area contributed by atoms with Crippen LogP contribution >= 0.6 is 0 Å². The van der Waals surface area contributed by atoms with Crippen molar-refractivity contribution < 1.29 is 31.6 Å². The highest BCUT2D eigenvalue weighted by molar-refractivity contribution is 7.93. The molecule has 2 aromatic heterocycles. The summed E-state index contributed by atoms with van der Waals surface area (Å²) in [5.41, 5.74) is 2.11. The Hall–Kier alpha value is -3.66. The first-order valence-corrected chi connectivity index (χ1v) is 11.3. The number of nitrogens with one attached hydrogen (secondary N) is 1. The highest BCUT2D eigenvalue weighted by atomic mass is 32.2. The molecule has 0 unspecified atom stereocenters. The Morgan fingerprint density at radius 2 is 1.84 bits per heavy atom.